The molecule has 9 heteroatoms. The summed E-state index contributed by atoms with van der Waals surface area (Å²) < 4.78 is 42.6. The molecule has 1 aromatic heterocycles. The quantitative estimate of drug-likeness (QED) is 0.857. The zero-order chi connectivity index (χ0) is 18.5. The maximum absolute atomic E-state index is 13.9. The first-order chi connectivity index (χ1) is 12.3. The monoisotopic (exact) mass is 366 g/mol. The first-order valence-electron chi connectivity index (χ1n) is 8.53. The first kappa shape index (κ1) is 16.9. The van der Waals surface area contributed by atoms with Crippen LogP contribution in [0.2, 0.25) is 0 Å². The number of amides is 1. The maximum atomic E-state index is 13.9. The van der Waals surface area contributed by atoms with Crippen molar-refractivity contribution in [1.82, 2.24) is 14.9 Å². The number of hydrogen-bond donors (Lipinski definition) is 2. The second kappa shape index (κ2) is 5.72. The number of rotatable bonds is 2. The summed E-state index contributed by atoms with van der Waals surface area (Å²) in [4.78, 5) is 29.3. The van der Waals surface area contributed by atoms with E-state index in [9.17, 15) is 22.8 Å². The van der Waals surface area contributed by atoms with Gasteiger partial charge in [0.05, 0.1) is 11.0 Å². The fourth-order valence-corrected chi connectivity index (χ4v) is 3.70. The lowest BCUT2D eigenvalue weighted by molar-refractivity contribution is -0.177. The van der Waals surface area contributed by atoms with Crippen molar-refractivity contribution in [1.29, 1.82) is 0 Å². The number of benzene rings is 1. The molecule has 2 N–H and O–H groups in total. The Bertz CT molecular complexity index is 886. The SMILES string of the molecule is O=C(NC1(C(F)(F)F)Nc2nc3ccccc3n2C1=O)C1CCCCC1. The molecule has 26 heavy (non-hydrogen) atoms. The summed E-state index contributed by atoms with van der Waals surface area (Å²) >= 11 is 0. The van der Waals surface area contributed by atoms with Crippen LogP contribution in [0.15, 0.2) is 24.3 Å². The summed E-state index contributed by atoms with van der Waals surface area (Å²) in [5.41, 5.74) is -2.52. The van der Waals surface area contributed by atoms with E-state index in [1.807, 2.05) is 5.32 Å². The number of nitrogens with one attached hydrogen (secondary N) is 2. The number of aromatic nitrogens is 2. The summed E-state index contributed by atoms with van der Waals surface area (Å²) in [6, 6.07) is 6.41. The summed E-state index contributed by atoms with van der Waals surface area (Å²) in [5.74, 6) is -2.78. The lowest BCUT2D eigenvalue weighted by Crippen LogP contribution is -2.67. The minimum Gasteiger partial charge on any atom is -0.318 e. The molecule has 1 aromatic carbocycles. The number of carbonyl (C=O) groups is 2. The van der Waals surface area contributed by atoms with Crippen molar-refractivity contribution in [3.8, 4) is 0 Å². The molecule has 2 aliphatic rings. The Balaban J connectivity index is 1.72. The molecule has 1 saturated carbocycles. The van der Waals surface area contributed by atoms with Crippen LogP contribution in [0.4, 0.5) is 19.1 Å². The summed E-state index contributed by atoms with van der Waals surface area (Å²) in [6.07, 6.45) is -1.40. The van der Waals surface area contributed by atoms with E-state index < -0.39 is 29.6 Å². The Morgan fingerprint density at radius 2 is 1.92 bits per heavy atom. The average Bonchev–Trinajstić information content (AvgIpc) is 3.10. The van der Waals surface area contributed by atoms with Crippen molar-refractivity contribution >= 4 is 28.8 Å². The average molecular weight is 366 g/mol. The van der Waals surface area contributed by atoms with Crippen LogP contribution in [-0.2, 0) is 4.79 Å². The van der Waals surface area contributed by atoms with E-state index in [2.05, 4.69) is 10.3 Å². The van der Waals surface area contributed by atoms with Gasteiger partial charge in [0.2, 0.25) is 11.9 Å². The van der Waals surface area contributed by atoms with E-state index in [-0.39, 0.29) is 11.5 Å². The minimum absolute atomic E-state index is 0.225. The van der Waals surface area contributed by atoms with E-state index in [1.54, 1.807) is 18.2 Å². The van der Waals surface area contributed by atoms with Gasteiger partial charge in [-0.15, -0.1) is 0 Å². The normalized spacial score (nSPS) is 23.7. The van der Waals surface area contributed by atoms with Crippen LogP contribution in [0.5, 0.6) is 0 Å². The highest BCUT2D eigenvalue weighted by molar-refractivity contribution is 6.06. The standard InChI is InChI=1S/C17H17F3N4O2/c18-17(19,20)16(22-13(25)10-6-2-1-3-7-10)14(26)24-12-9-5-4-8-11(12)21-15(24)23-16/h4-5,8-10H,1-3,6-7H2,(H,21,23)(H,22,25). The van der Waals surface area contributed by atoms with Crippen LogP contribution in [0.1, 0.15) is 36.9 Å². The molecule has 1 fully saturated rings. The second-order valence-corrected chi connectivity index (χ2v) is 6.76. The van der Waals surface area contributed by atoms with Crippen molar-refractivity contribution in [3.63, 3.8) is 0 Å². The lowest BCUT2D eigenvalue weighted by Gasteiger charge is -2.32. The molecule has 2 heterocycles. The van der Waals surface area contributed by atoms with Gasteiger partial charge in [-0.3, -0.25) is 9.59 Å². The molecule has 1 amide bonds. The number of nitrogens with zero attached hydrogens (tertiary/aromatic N) is 2. The lowest BCUT2D eigenvalue weighted by atomic mass is 9.88. The van der Waals surface area contributed by atoms with Crippen molar-refractivity contribution in [3.05, 3.63) is 24.3 Å². The first-order valence-corrected chi connectivity index (χ1v) is 8.53. The zero-order valence-electron chi connectivity index (χ0n) is 13.8. The van der Waals surface area contributed by atoms with Crippen LogP contribution >= 0.6 is 0 Å². The van der Waals surface area contributed by atoms with Crippen LogP contribution in [0, 0.1) is 5.92 Å². The molecule has 0 bridgehead atoms. The molecule has 1 atom stereocenters. The smallest absolute Gasteiger partial charge is 0.318 e. The summed E-state index contributed by atoms with van der Waals surface area (Å²) in [5, 5.41) is 4.11. The van der Waals surface area contributed by atoms with Crippen molar-refractivity contribution < 1.29 is 22.8 Å². The Hall–Kier alpha value is -2.58. The molecule has 6 nitrogen and oxygen atoms in total. The van der Waals surface area contributed by atoms with Gasteiger partial charge >= 0.3 is 6.18 Å². The zero-order valence-corrected chi connectivity index (χ0v) is 13.8. The van der Waals surface area contributed by atoms with Gasteiger partial charge in [0.15, 0.2) is 0 Å². The molecule has 138 valence electrons. The highest BCUT2D eigenvalue weighted by atomic mass is 19.4. The minimum atomic E-state index is -5.02. The molecule has 1 unspecified atom stereocenters. The Kier molecular flexibility index (Phi) is 3.71. The van der Waals surface area contributed by atoms with Crippen LogP contribution in [-0.4, -0.2) is 33.2 Å². The number of para-hydroxylation sites is 2. The molecule has 2 aromatic rings. The molecular weight excluding hydrogens is 349 g/mol. The fourth-order valence-electron chi connectivity index (χ4n) is 3.70. The number of carbonyl (C=O) groups excluding carboxylic acids is 2. The number of anilines is 1. The van der Waals surface area contributed by atoms with Gasteiger partial charge in [-0.2, -0.15) is 13.2 Å². The third-order valence-electron chi connectivity index (χ3n) is 5.10. The molecule has 1 aliphatic carbocycles. The maximum Gasteiger partial charge on any atom is 0.440 e. The van der Waals surface area contributed by atoms with Crippen LogP contribution in [0.25, 0.3) is 11.0 Å². The highest BCUT2D eigenvalue weighted by Gasteiger charge is 2.66. The molecule has 1 aliphatic heterocycles. The number of hydrogen-bond acceptors (Lipinski definition) is 4. The fraction of sp³-hybridized carbons (Fsp3) is 0.471. The topological polar surface area (TPSA) is 76.0 Å². The summed E-state index contributed by atoms with van der Waals surface area (Å²) in [6.45, 7) is 0. The molecule has 0 spiro atoms. The Labute approximate surface area is 146 Å². The van der Waals surface area contributed by atoms with Crippen molar-refractivity contribution in [2.45, 2.75) is 43.9 Å². The molecule has 0 radical (unpaired) electrons. The number of alkyl halides is 3. The molecule has 4 rings (SSSR count). The van der Waals surface area contributed by atoms with Gasteiger partial charge in [-0.1, -0.05) is 31.4 Å². The van der Waals surface area contributed by atoms with Gasteiger partial charge in [0, 0.05) is 5.92 Å². The third-order valence-corrected chi connectivity index (χ3v) is 5.10. The number of fused-ring (bicyclic) bond motifs is 3. The van der Waals surface area contributed by atoms with E-state index in [0.29, 0.717) is 18.4 Å². The predicted octanol–water partition coefficient (Wildman–Crippen LogP) is 3.06. The van der Waals surface area contributed by atoms with E-state index in [4.69, 9.17) is 0 Å². The summed E-state index contributed by atoms with van der Waals surface area (Å²) in [7, 11) is 0. The molecule has 0 saturated heterocycles. The Morgan fingerprint density at radius 3 is 2.62 bits per heavy atom. The van der Waals surface area contributed by atoms with Crippen molar-refractivity contribution in [2.24, 2.45) is 5.92 Å². The molecular formula is C17H17F3N4O2. The highest BCUT2D eigenvalue weighted by Crippen LogP contribution is 2.40. The second-order valence-electron chi connectivity index (χ2n) is 6.76. The predicted molar refractivity (Wildman–Crippen MR) is 87.5 cm³/mol. The van der Waals surface area contributed by atoms with Gasteiger partial charge in [0.1, 0.15) is 0 Å². The van der Waals surface area contributed by atoms with E-state index >= 15 is 0 Å². The van der Waals surface area contributed by atoms with Crippen LogP contribution < -0.4 is 10.6 Å². The van der Waals surface area contributed by atoms with Gasteiger partial charge in [-0.25, -0.2) is 9.55 Å². The number of imidazole rings is 1. The van der Waals surface area contributed by atoms with Crippen molar-refractivity contribution in [2.75, 3.05) is 5.32 Å². The largest absolute Gasteiger partial charge is 0.440 e. The van der Waals surface area contributed by atoms with E-state index in [1.165, 1.54) is 6.07 Å². The van der Waals surface area contributed by atoms with Gasteiger partial charge < -0.3 is 10.6 Å². The van der Waals surface area contributed by atoms with Gasteiger partial charge in [-0.05, 0) is 25.0 Å². The van der Waals surface area contributed by atoms with E-state index in [0.717, 1.165) is 23.8 Å². The van der Waals surface area contributed by atoms with Gasteiger partial charge in [0.25, 0.3) is 11.6 Å². The number of halogens is 3. The Morgan fingerprint density at radius 1 is 1.23 bits per heavy atom. The third kappa shape index (κ3) is 2.37. The van der Waals surface area contributed by atoms with Crippen LogP contribution in [0.3, 0.4) is 0 Å².